The molecule has 0 aromatic heterocycles. The van der Waals surface area contributed by atoms with Gasteiger partial charge in [-0.25, -0.2) is 0 Å². The van der Waals surface area contributed by atoms with Crippen molar-refractivity contribution in [1.82, 2.24) is 0 Å². The predicted molar refractivity (Wildman–Crippen MR) is 64.9 cm³/mol. The Hall–Kier alpha value is -1.58. The van der Waals surface area contributed by atoms with Crippen molar-refractivity contribution in [2.45, 2.75) is 12.2 Å². The molecule has 2 aromatic rings. The molecule has 1 saturated heterocycles. The SMILES string of the molecule is COC1(c2ccc3cc(O)ccc3c2)CCO1. The van der Waals surface area contributed by atoms with Gasteiger partial charge in [-0.1, -0.05) is 18.2 Å². The molecule has 1 unspecified atom stereocenters. The van der Waals surface area contributed by atoms with E-state index in [2.05, 4.69) is 6.07 Å². The fraction of sp³-hybridized carbons (Fsp3) is 0.286. The highest BCUT2D eigenvalue weighted by atomic mass is 16.7. The summed E-state index contributed by atoms with van der Waals surface area (Å²) in [6.07, 6.45) is 0.882. The first-order valence-electron chi connectivity index (χ1n) is 5.66. The number of ether oxygens (including phenoxy) is 2. The molecule has 0 saturated carbocycles. The second kappa shape index (κ2) is 3.72. The van der Waals surface area contributed by atoms with Crippen LogP contribution in [0.2, 0.25) is 0 Å². The predicted octanol–water partition coefficient (Wildman–Crippen LogP) is 2.76. The topological polar surface area (TPSA) is 38.7 Å². The van der Waals surface area contributed by atoms with Crippen LogP contribution in [0.3, 0.4) is 0 Å². The number of phenols is 1. The molecule has 1 atom stereocenters. The highest BCUT2D eigenvalue weighted by molar-refractivity contribution is 5.84. The Morgan fingerprint density at radius 2 is 1.88 bits per heavy atom. The van der Waals surface area contributed by atoms with Crippen LogP contribution in [0.1, 0.15) is 12.0 Å². The zero-order valence-corrected chi connectivity index (χ0v) is 9.64. The Kier molecular flexibility index (Phi) is 2.31. The number of phenolic OH excluding ortho intramolecular Hbond substituents is 1. The molecule has 3 heteroatoms. The maximum atomic E-state index is 9.41. The van der Waals surface area contributed by atoms with Crippen LogP contribution >= 0.6 is 0 Å². The van der Waals surface area contributed by atoms with E-state index in [0.29, 0.717) is 0 Å². The Balaban J connectivity index is 2.10. The molecule has 1 fully saturated rings. The zero-order chi connectivity index (χ0) is 11.9. The van der Waals surface area contributed by atoms with Gasteiger partial charge in [0, 0.05) is 19.1 Å². The molecule has 2 aromatic carbocycles. The molecule has 17 heavy (non-hydrogen) atoms. The fourth-order valence-electron chi connectivity index (χ4n) is 2.26. The number of methoxy groups -OCH3 is 1. The molecular weight excluding hydrogens is 216 g/mol. The molecular formula is C14H14O3. The van der Waals surface area contributed by atoms with E-state index < -0.39 is 5.79 Å². The van der Waals surface area contributed by atoms with Gasteiger partial charge < -0.3 is 14.6 Å². The number of aromatic hydroxyl groups is 1. The fourth-order valence-corrected chi connectivity index (χ4v) is 2.26. The lowest BCUT2D eigenvalue weighted by molar-refractivity contribution is -0.306. The Morgan fingerprint density at radius 3 is 2.53 bits per heavy atom. The quantitative estimate of drug-likeness (QED) is 0.862. The molecule has 1 heterocycles. The van der Waals surface area contributed by atoms with Crippen molar-refractivity contribution in [2.24, 2.45) is 0 Å². The first kappa shape index (κ1) is 10.6. The van der Waals surface area contributed by atoms with Gasteiger partial charge in [-0.05, 0) is 29.0 Å². The summed E-state index contributed by atoms with van der Waals surface area (Å²) in [6.45, 7) is 0.738. The largest absolute Gasteiger partial charge is 0.508 e. The lowest BCUT2D eigenvalue weighted by Crippen LogP contribution is -2.42. The summed E-state index contributed by atoms with van der Waals surface area (Å²) in [4.78, 5) is 0. The number of fused-ring (bicyclic) bond motifs is 1. The summed E-state index contributed by atoms with van der Waals surface area (Å²) in [7, 11) is 1.67. The van der Waals surface area contributed by atoms with Crippen molar-refractivity contribution in [3.63, 3.8) is 0 Å². The van der Waals surface area contributed by atoms with Crippen LogP contribution in [-0.2, 0) is 15.3 Å². The summed E-state index contributed by atoms with van der Waals surface area (Å²) < 4.78 is 11.0. The monoisotopic (exact) mass is 230 g/mol. The summed E-state index contributed by atoms with van der Waals surface area (Å²) in [5.41, 5.74) is 1.03. The Morgan fingerprint density at radius 1 is 1.18 bits per heavy atom. The van der Waals surface area contributed by atoms with Crippen LogP contribution in [0.25, 0.3) is 10.8 Å². The minimum absolute atomic E-state index is 0.284. The third kappa shape index (κ3) is 1.59. The van der Waals surface area contributed by atoms with Gasteiger partial charge in [-0.3, -0.25) is 0 Å². The Labute approximate surface area is 99.6 Å². The van der Waals surface area contributed by atoms with E-state index in [4.69, 9.17) is 9.47 Å². The van der Waals surface area contributed by atoms with Crippen LogP contribution in [0, 0.1) is 0 Å². The second-order valence-corrected chi connectivity index (χ2v) is 4.30. The van der Waals surface area contributed by atoms with Gasteiger partial charge in [0.2, 0.25) is 0 Å². The van der Waals surface area contributed by atoms with E-state index in [1.54, 1.807) is 19.2 Å². The standard InChI is InChI=1S/C14H14O3/c1-16-14(6-7-17-14)12-4-2-11-9-13(15)5-3-10(11)8-12/h2-5,8-9,15H,6-7H2,1H3. The van der Waals surface area contributed by atoms with Crippen molar-refractivity contribution in [3.8, 4) is 5.75 Å². The van der Waals surface area contributed by atoms with E-state index in [1.807, 2.05) is 18.2 Å². The van der Waals surface area contributed by atoms with Gasteiger partial charge in [0.1, 0.15) is 5.75 Å². The molecule has 88 valence electrons. The second-order valence-electron chi connectivity index (χ2n) is 4.30. The minimum Gasteiger partial charge on any atom is -0.508 e. The van der Waals surface area contributed by atoms with Gasteiger partial charge in [0.15, 0.2) is 5.79 Å². The van der Waals surface area contributed by atoms with Crippen molar-refractivity contribution in [1.29, 1.82) is 0 Å². The van der Waals surface area contributed by atoms with Crippen LogP contribution in [0.15, 0.2) is 36.4 Å². The lowest BCUT2D eigenvalue weighted by Gasteiger charge is -2.40. The van der Waals surface area contributed by atoms with E-state index in [1.165, 1.54) is 0 Å². The van der Waals surface area contributed by atoms with E-state index >= 15 is 0 Å². The molecule has 3 nitrogen and oxygen atoms in total. The van der Waals surface area contributed by atoms with Gasteiger partial charge >= 0.3 is 0 Å². The number of benzene rings is 2. The maximum Gasteiger partial charge on any atom is 0.196 e. The maximum absolute atomic E-state index is 9.41. The third-order valence-corrected chi connectivity index (χ3v) is 3.36. The Bertz CT molecular complexity index is 553. The first-order valence-corrected chi connectivity index (χ1v) is 5.66. The molecule has 0 aliphatic carbocycles. The summed E-state index contributed by atoms with van der Waals surface area (Å²) in [5, 5.41) is 11.5. The normalized spacial score (nSPS) is 23.6. The van der Waals surface area contributed by atoms with Crippen molar-refractivity contribution in [3.05, 3.63) is 42.0 Å². The third-order valence-electron chi connectivity index (χ3n) is 3.36. The van der Waals surface area contributed by atoms with Crippen LogP contribution in [0.5, 0.6) is 5.75 Å². The number of hydrogen-bond acceptors (Lipinski definition) is 3. The number of rotatable bonds is 2. The van der Waals surface area contributed by atoms with E-state index in [9.17, 15) is 5.11 Å². The average molecular weight is 230 g/mol. The van der Waals surface area contributed by atoms with Gasteiger partial charge in [-0.15, -0.1) is 0 Å². The molecule has 0 amide bonds. The zero-order valence-electron chi connectivity index (χ0n) is 9.64. The highest BCUT2D eigenvalue weighted by Gasteiger charge is 2.40. The van der Waals surface area contributed by atoms with Crippen molar-refractivity contribution >= 4 is 10.8 Å². The lowest BCUT2D eigenvalue weighted by atomic mass is 9.96. The summed E-state index contributed by atoms with van der Waals surface area (Å²) in [5.74, 6) is -0.280. The molecule has 0 spiro atoms. The summed E-state index contributed by atoms with van der Waals surface area (Å²) >= 11 is 0. The molecule has 0 bridgehead atoms. The van der Waals surface area contributed by atoms with Crippen LogP contribution < -0.4 is 0 Å². The molecule has 1 aliphatic rings. The van der Waals surface area contributed by atoms with Crippen molar-refractivity contribution < 1.29 is 14.6 Å². The highest BCUT2D eigenvalue weighted by Crippen LogP contribution is 2.39. The summed E-state index contributed by atoms with van der Waals surface area (Å²) in [6, 6.07) is 11.4. The molecule has 0 radical (unpaired) electrons. The van der Waals surface area contributed by atoms with Crippen LogP contribution in [0.4, 0.5) is 0 Å². The van der Waals surface area contributed by atoms with Crippen molar-refractivity contribution in [2.75, 3.05) is 13.7 Å². The first-order chi connectivity index (χ1) is 8.23. The van der Waals surface area contributed by atoms with Crippen LogP contribution in [-0.4, -0.2) is 18.8 Å². The van der Waals surface area contributed by atoms with Gasteiger partial charge in [0.05, 0.1) is 6.61 Å². The van der Waals surface area contributed by atoms with Gasteiger partial charge in [-0.2, -0.15) is 0 Å². The van der Waals surface area contributed by atoms with E-state index in [0.717, 1.165) is 29.4 Å². The van der Waals surface area contributed by atoms with E-state index in [-0.39, 0.29) is 5.75 Å². The number of hydrogen-bond donors (Lipinski definition) is 1. The minimum atomic E-state index is -0.563. The molecule has 1 N–H and O–H groups in total. The van der Waals surface area contributed by atoms with Gasteiger partial charge in [0.25, 0.3) is 0 Å². The molecule has 1 aliphatic heterocycles. The smallest absolute Gasteiger partial charge is 0.196 e. The molecule has 3 rings (SSSR count). The average Bonchev–Trinajstić information content (AvgIpc) is 2.28.